The summed E-state index contributed by atoms with van der Waals surface area (Å²) in [7, 11) is -4.44. The minimum atomic E-state index is -4.85. The van der Waals surface area contributed by atoms with Crippen molar-refractivity contribution in [3.05, 3.63) is 64.7 Å². The van der Waals surface area contributed by atoms with Gasteiger partial charge in [0.1, 0.15) is 5.54 Å². The molecule has 2 aromatic carbocycles. The summed E-state index contributed by atoms with van der Waals surface area (Å²) >= 11 is 5.89. The van der Waals surface area contributed by atoms with Crippen molar-refractivity contribution in [1.29, 1.82) is 5.26 Å². The van der Waals surface area contributed by atoms with Gasteiger partial charge in [-0.1, -0.05) is 35.9 Å². The molecule has 35 heavy (non-hydrogen) atoms. The summed E-state index contributed by atoms with van der Waals surface area (Å²) in [6.07, 6.45) is -5.11. The topological polar surface area (TPSA) is 96.3 Å². The van der Waals surface area contributed by atoms with Gasteiger partial charge in [-0.05, 0) is 55.5 Å². The zero-order valence-electron chi connectivity index (χ0n) is 18.4. The van der Waals surface area contributed by atoms with E-state index in [-0.39, 0.29) is 19.4 Å². The van der Waals surface area contributed by atoms with Crippen molar-refractivity contribution in [2.75, 3.05) is 0 Å². The fourth-order valence-corrected chi connectivity index (χ4v) is 6.45. The van der Waals surface area contributed by atoms with Gasteiger partial charge in [0.05, 0.1) is 40.4 Å². The summed E-state index contributed by atoms with van der Waals surface area (Å²) in [4.78, 5) is 12.2. The van der Waals surface area contributed by atoms with Crippen LogP contribution in [0.15, 0.2) is 53.4 Å². The molecule has 2 fully saturated rings. The third-order valence-electron chi connectivity index (χ3n) is 6.44. The van der Waals surface area contributed by atoms with Crippen LogP contribution < -0.4 is 5.32 Å². The molecule has 0 heterocycles. The number of carbonyl (C=O) groups excluding carboxylic acids is 1. The number of nitrogens with one attached hydrogen (secondary N) is 1. The molecule has 11 heteroatoms. The summed E-state index contributed by atoms with van der Waals surface area (Å²) < 4.78 is 73.1. The van der Waals surface area contributed by atoms with E-state index in [0.29, 0.717) is 17.9 Å². The Balaban J connectivity index is 1.60. The molecule has 2 aliphatic carbocycles. The Bertz CT molecular complexity index is 1250. The first-order chi connectivity index (χ1) is 16.4. The highest BCUT2D eigenvalue weighted by molar-refractivity contribution is 7.92. The third kappa shape index (κ3) is 5.47. The fourth-order valence-electron chi connectivity index (χ4n) is 4.30. The molecule has 2 aliphatic rings. The summed E-state index contributed by atoms with van der Waals surface area (Å²) in [5.41, 5.74) is -1.48. The maximum Gasteiger partial charge on any atom is 0.417 e. The van der Waals surface area contributed by atoms with Crippen molar-refractivity contribution in [3.8, 4) is 6.07 Å². The van der Waals surface area contributed by atoms with Gasteiger partial charge in [0.15, 0.2) is 9.84 Å². The number of nitrogens with zero attached hydrogens (tertiary/aromatic N) is 1. The molecular formula is C24H22ClF3N2O4S. The summed E-state index contributed by atoms with van der Waals surface area (Å²) in [6, 6.07) is 12.8. The van der Waals surface area contributed by atoms with Gasteiger partial charge >= 0.3 is 6.18 Å². The molecule has 0 aromatic heterocycles. The maximum absolute atomic E-state index is 13.5. The van der Waals surface area contributed by atoms with Crippen molar-refractivity contribution in [2.24, 2.45) is 5.92 Å². The lowest BCUT2D eigenvalue weighted by molar-refractivity contribution is -0.140. The van der Waals surface area contributed by atoms with Crippen LogP contribution in [0.1, 0.15) is 36.8 Å². The second-order valence-corrected chi connectivity index (χ2v) is 11.5. The second-order valence-electron chi connectivity index (χ2n) is 8.90. The van der Waals surface area contributed by atoms with Crippen LogP contribution >= 0.6 is 11.6 Å². The molecule has 0 spiro atoms. The predicted octanol–water partition coefficient (Wildman–Crippen LogP) is 4.67. The highest BCUT2D eigenvalue weighted by Gasteiger charge is 2.51. The number of ether oxygens (including phenoxy) is 1. The molecule has 0 aliphatic heterocycles. The van der Waals surface area contributed by atoms with Gasteiger partial charge in [0, 0.05) is 5.02 Å². The smallest absolute Gasteiger partial charge is 0.373 e. The zero-order chi connectivity index (χ0) is 25.4. The molecule has 1 N–H and O–H groups in total. The number of rotatable bonds is 7. The molecule has 186 valence electrons. The largest absolute Gasteiger partial charge is 0.417 e. The molecule has 1 amide bonds. The van der Waals surface area contributed by atoms with Crippen LogP contribution in [0.5, 0.6) is 0 Å². The lowest BCUT2D eigenvalue weighted by atomic mass is 10.0. The van der Waals surface area contributed by atoms with Gasteiger partial charge in [0.25, 0.3) is 0 Å². The number of alkyl halides is 3. The van der Waals surface area contributed by atoms with E-state index in [1.807, 2.05) is 6.07 Å². The van der Waals surface area contributed by atoms with Gasteiger partial charge < -0.3 is 10.1 Å². The molecule has 0 bridgehead atoms. The Labute approximate surface area is 205 Å². The highest BCUT2D eigenvalue weighted by Crippen LogP contribution is 2.42. The van der Waals surface area contributed by atoms with Crippen molar-refractivity contribution in [2.45, 2.75) is 60.3 Å². The first-order valence-corrected chi connectivity index (χ1v) is 12.9. The van der Waals surface area contributed by atoms with Crippen LogP contribution in [0.3, 0.4) is 0 Å². The van der Waals surface area contributed by atoms with E-state index in [0.717, 1.165) is 23.8 Å². The number of halogens is 4. The molecule has 2 saturated carbocycles. The Morgan fingerprint density at radius 2 is 1.80 bits per heavy atom. The Kier molecular flexibility index (Phi) is 6.88. The summed E-state index contributed by atoms with van der Waals surface area (Å²) in [5, 5.41) is 11.3. The quantitative estimate of drug-likeness (QED) is 0.565. The Hall–Kier alpha value is -2.61. The van der Waals surface area contributed by atoms with E-state index in [1.165, 1.54) is 6.07 Å². The number of carbonyl (C=O) groups is 1. The Morgan fingerprint density at radius 3 is 2.40 bits per heavy atom. The van der Waals surface area contributed by atoms with E-state index < -0.39 is 55.2 Å². The third-order valence-corrected chi connectivity index (χ3v) is 8.92. The lowest BCUT2D eigenvalue weighted by Gasteiger charge is -2.21. The van der Waals surface area contributed by atoms with Gasteiger partial charge in [-0.3, -0.25) is 4.79 Å². The fraction of sp³-hybridized carbons (Fsp3) is 0.417. The van der Waals surface area contributed by atoms with Crippen LogP contribution in [0.4, 0.5) is 13.2 Å². The van der Waals surface area contributed by atoms with Gasteiger partial charge in [-0.25, -0.2) is 8.42 Å². The number of benzene rings is 2. The average Bonchev–Trinajstić information content (AvgIpc) is 3.45. The minimum Gasteiger partial charge on any atom is -0.373 e. The Morgan fingerprint density at radius 1 is 1.14 bits per heavy atom. The van der Waals surface area contributed by atoms with Crippen LogP contribution in [-0.4, -0.2) is 31.2 Å². The lowest BCUT2D eigenvalue weighted by Crippen LogP contribution is -2.42. The van der Waals surface area contributed by atoms with Crippen molar-refractivity contribution in [3.63, 3.8) is 0 Å². The number of hydrogen-bond donors (Lipinski definition) is 1. The maximum atomic E-state index is 13.5. The number of nitriles is 1. The van der Waals surface area contributed by atoms with E-state index >= 15 is 0 Å². The van der Waals surface area contributed by atoms with Crippen molar-refractivity contribution < 1.29 is 31.1 Å². The van der Waals surface area contributed by atoms with Crippen LogP contribution in [0.2, 0.25) is 5.02 Å². The summed E-state index contributed by atoms with van der Waals surface area (Å²) in [6.45, 7) is 0.0565. The molecule has 3 atom stereocenters. The van der Waals surface area contributed by atoms with E-state index in [9.17, 15) is 31.6 Å². The van der Waals surface area contributed by atoms with E-state index in [2.05, 4.69) is 5.32 Å². The SMILES string of the molecule is N#CC1(NC(=O)[C@@H]2CC(S(=O)(=O)c3ccccc3C(F)(F)F)C[C@H]2OCc2ccc(Cl)cc2)CC1. The standard InChI is InChI=1S/C24H22ClF3N2O4S/c25-16-7-5-15(6-8-16)13-34-20-12-17(11-18(20)22(31)30-23(14-29)9-10-23)35(32,33)21-4-2-1-3-19(21)24(26,27)28/h1-8,17-18,20H,9-13H2,(H,30,31)/t17?,18-,20-/m1/s1. The number of hydrogen-bond acceptors (Lipinski definition) is 5. The number of sulfone groups is 1. The molecule has 0 radical (unpaired) electrons. The molecule has 2 aromatic rings. The summed E-state index contributed by atoms with van der Waals surface area (Å²) in [5.74, 6) is -1.47. The first-order valence-electron chi connectivity index (χ1n) is 10.9. The zero-order valence-corrected chi connectivity index (χ0v) is 20.0. The monoisotopic (exact) mass is 526 g/mol. The molecule has 0 saturated heterocycles. The van der Waals surface area contributed by atoms with Crippen LogP contribution in [-0.2, 0) is 32.2 Å². The van der Waals surface area contributed by atoms with E-state index in [4.69, 9.17) is 16.3 Å². The van der Waals surface area contributed by atoms with Gasteiger partial charge in [-0.15, -0.1) is 0 Å². The van der Waals surface area contributed by atoms with Gasteiger partial charge in [0.2, 0.25) is 5.91 Å². The first kappa shape index (κ1) is 25.5. The highest BCUT2D eigenvalue weighted by atomic mass is 35.5. The predicted molar refractivity (Wildman–Crippen MR) is 121 cm³/mol. The number of amides is 1. The molecule has 4 rings (SSSR count). The van der Waals surface area contributed by atoms with Crippen LogP contribution in [0.25, 0.3) is 0 Å². The normalized spacial score (nSPS) is 23.5. The average molecular weight is 527 g/mol. The second kappa shape index (κ2) is 9.45. The molecule has 1 unspecified atom stereocenters. The molecule has 6 nitrogen and oxygen atoms in total. The van der Waals surface area contributed by atoms with Crippen molar-refractivity contribution >= 4 is 27.3 Å². The van der Waals surface area contributed by atoms with Crippen LogP contribution in [0, 0.1) is 17.2 Å². The minimum absolute atomic E-state index is 0.0565. The van der Waals surface area contributed by atoms with Gasteiger partial charge in [-0.2, -0.15) is 18.4 Å². The molecular weight excluding hydrogens is 505 g/mol. The van der Waals surface area contributed by atoms with Crippen molar-refractivity contribution in [1.82, 2.24) is 5.32 Å². The van der Waals surface area contributed by atoms with E-state index in [1.54, 1.807) is 24.3 Å².